The molecule has 0 fully saturated rings. The van der Waals surface area contributed by atoms with E-state index >= 15 is 0 Å². The molecule has 5 nitrogen and oxygen atoms in total. The molecular formula is C25H28N2O3S2. The predicted octanol–water partition coefficient (Wildman–Crippen LogP) is 4.83. The Morgan fingerprint density at radius 3 is 2.19 bits per heavy atom. The van der Waals surface area contributed by atoms with Crippen LogP contribution in [0.3, 0.4) is 0 Å². The number of anilines is 1. The van der Waals surface area contributed by atoms with Crippen LogP contribution >= 0.6 is 11.8 Å². The summed E-state index contributed by atoms with van der Waals surface area (Å²) in [6, 6.07) is 23.7. The molecule has 3 aromatic rings. The highest BCUT2D eigenvalue weighted by molar-refractivity contribution is 7.98. The van der Waals surface area contributed by atoms with Gasteiger partial charge in [0.2, 0.25) is 5.91 Å². The molecule has 1 N–H and O–H groups in total. The molecule has 0 saturated heterocycles. The van der Waals surface area contributed by atoms with Crippen molar-refractivity contribution in [1.29, 1.82) is 0 Å². The maximum Gasteiger partial charge on any atom is 0.264 e. The molecule has 3 aromatic carbocycles. The molecule has 7 heteroatoms. The summed E-state index contributed by atoms with van der Waals surface area (Å²) >= 11 is 1.54. The summed E-state index contributed by atoms with van der Waals surface area (Å²) in [7, 11) is -3.91. The summed E-state index contributed by atoms with van der Waals surface area (Å²) < 4.78 is 28.1. The Hall–Kier alpha value is -2.77. The third kappa shape index (κ3) is 5.93. The van der Waals surface area contributed by atoms with E-state index in [1.807, 2.05) is 62.6 Å². The van der Waals surface area contributed by atoms with Crippen LogP contribution < -0.4 is 9.62 Å². The molecule has 32 heavy (non-hydrogen) atoms. The van der Waals surface area contributed by atoms with Gasteiger partial charge in [-0.25, -0.2) is 8.42 Å². The highest BCUT2D eigenvalue weighted by Gasteiger charge is 2.27. The zero-order valence-corrected chi connectivity index (χ0v) is 20.1. The second-order valence-electron chi connectivity index (χ2n) is 7.64. The van der Waals surface area contributed by atoms with Gasteiger partial charge in [0.1, 0.15) is 6.54 Å². The first-order chi connectivity index (χ1) is 15.3. The molecule has 0 aliphatic heterocycles. The molecule has 1 atom stereocenters. The number of nitrogens with one attached hydrogen (secondary N) is 1. The fourth-order valence-corrected chi connectivity index (χ4v) is 5.08. The zero-order valence-electron chi connectivity index (χ0n) is 18.5. The van der Waals surface area contributed by atoms with E-state index < -0.39 is 10.0 Å². The van der Waals surface area contributed by atoms with Crippen molar-refractivity contribution < 1.29 is 13.2 Å². The molecule has 0 saturated carbocycles. The number of benzene rings is 3. The SMILES string of the molecule is CSc1ccc(S(=O)(=O)N(CC(=O)NCC(C)c2ccccc2)c2ccc(C)cc2)cc1. The number of amides is 1. The predicted molar refractivity (Wildman–Crippen MR) is 132 cm³/mol. The van der Waals surface area contributed by atoms with E-state index in [-0.39, 0.29) is 23.3 Å². The molecule has 168 valence electrons. The van der Waals surface area contributed by atoms with Gasteiger partial charge >= 0.3 is 0 Å². The van der Waals surface area contributed by atoms with Crippen molar-refractivity contribution in [2.75, 3.05) is 23.7 Å². The van der Waals surface area contributed by atoms with Crippen molar-refractivity contribution in [1.82, 2.24) is 5.32 Å². The van der Waals surface area contributed by atoms with Crippen molar-refractivity contribution in [3.05, 3.63) is 90.0 Å². The van der Waals surface area contributed by atoms with E-state index in [2.05, 4.69) is 5.32 Å². The van der Waals surface area contributed by atoms with Crippen LogP contribution in [0.25, 0.3) is 0 Å². The molecule has 1 unspecified atom stereocenters. The number of thioether (sulfide) groups is 1. The Balaban J connectivity index is 1.81. The highest BCUT2D eigenvalue weighted by atomic mass is 32.2. The minimum absolute atomic E-state index is 0.115. The van der Waals surface area contributed by atoms with Crippen molar-refractivity contribution in [3.63, 3.8) is 0 Å². The molecule has 0 heterocycles. The highest BCUT2D eigenvalue weighted by Crippen LogP contribution is 2.25. The van der Waals surface area contributed by atoms with Crippen molar-refractivity contribution >= 4 is 33.4 Å². The molecular weight excluding hydrogens is 440 g/mol. The van der Waals surface area contributed by atoms with Crippen LogP contribution in [0.5, 0.6) is 0 Å². The number of aryl methyl sites for hydroxylation is 1. The number of hydrogen-bond acceptors (Lipinski definition) is 4. The standard InChI is InChI=1S/C25H28N2O3S2/c1-19-9-11-22(12-10-19)27(32(29,30)24-15-13-23(31-3)14-16-24)18-25(28)26-17-20(2)21-7-5-4-6-8-21/h4-16,20H,17-18H2,1-3H3,(H,26,28). The number of hydrogen-bond donors (Lipinski definition) is 1. The summed E-state index contributed by atoms with van der Waals surface area (Å²) in [5.74, 6) is -0.235. The molecule has 0 aliphatic rings. The first-order valence-corrected chi connectivity index (χ1v) is 13.0. The third-order valence-electron chi connectivity index (χ3n) is 5.23. The van der Waals surface area contributed by atoms with Crippen LogP contribution in [-0.2, 0) is 14.8 Å². The van der Waals surface area contributed by atoms with Crippen LogP contribution in [0.2, 0.25) is 0 Å². The lowest BCUT2D eigenvalue weighted by Crippen LogP contribution is -2.41. The van der Waals surface area contributed by atoms with Crippen molar-refractivity contribution in [3.8, 4) is 0 Å². The van der Waals surface area contributed by atoms with Gasteiger partial charge < -0.3 is 5.32 Å². The Morgan fingerprint density at radius 2 is 1.59 bits per heavy atom. The summed E-state index contributed by atoms with van der Waals surface area (Å²) in [6.45, 7) is 4.09. The average Bonchev–Trinajstić information content (AvgIpc) is 2.82. The lowest BCUT2D eigenvalue weighted by Gasteiger charge is -2.25. The van der Waals surface area contributed by atoms with E-state index in [9.17, 15) is 13.2 Å². The van der Waals surface area contributed by atoms with Gasteiger partial charge in [0.05, 0.1) is 10.6 Å². The number of carbonyl (C=O) groups is 1. The number of nitrogens with zero attached hydrogens (tertiary/aromatic N) is 1. The second kappa shape index (κ2) is 10.7. The van der Waals surface area contributed by atoms with Crippen LogP contribution in [0.4, 0.5) is 5.69 Å². The maximum atomic E-state index is 13.5. The third-order valence-corrected chi connectivity index (χ3v) is 7.76. The number of rotatable bonds is 9. The van der Waals surface area contributed by atoms with E-state index in [1.54, 1.807) is 48.2 Å². The first-order valence-electron chi connectivity index (χ1n) is 10.4. The summed E-state index contributed by atoms with van der Waals surface area (Å²) in [5.41, 5.74) is 2.58. The first kappa shape index (κ1) is 23.9. The van der Waals surface area contributed by atoms with Gasteiger partial charge in [-0.15, -0.1) is 11.8 Å². The van der Waals surface area contributed by atoms with Gasteiger partial charge in [-0.1, -0.05) is 55.0 Å². The summed E-state index contributed by atoms with van der Waals surface area (Å²) in [6.07, 6.45) is 1.93. The minimum atomic E-state index is -3.91. The molecule has 0 aromatic heterocycles. The van der Waals surface area contributed by atoms with Gasteiger partial charge in [-0.2, -0.15) is 0 Å². The van der Waals surface area contributed by atoms with E-state index in [4.69, 9.17) is 0 Å². The molecule has 0 spiro atoms. The van der Waals surface area contributed by atoms with E-state index in [1.165, 1.54) is 4.31 Å². The molecule has 1 amide bonds. The zero-order chi connectivity index (χ0) is 23.1. The Kier molecular flexibility index (Phi) is 7.99. The Bertz CT molecular complexity index is 1130. The second-order valence-corrected chi connectivity index (χ2v) is 10.4. The largest absolute Gasteiger partial charge is 0.354 e. The summed E-state index contributed by atoms with van der Waals surface area (Å²) in [4.78, 5) is 13.9. The topological polar surface area (TPSA) is 66.5 Å². The van der Waals surface area contributed by atoms with Crippen molar-refractivity contribution in [2.45, 2.75) is 29.6 Å². The van der Waals surface area contributed by atoms with Crippen LogP contribution in [0, 0.1) is 6.92 Å². The molecule has 0 radical (unpaired) electrons. The number of carbonyl (C=O) groups excluding carboxylic acids is 1. The van der Waals surface area contributed by atoms with Gasteiger partial charge in [-0.05, 0) is 61.1 Å². The fraction of sp³-hybridized carbons (Fsp3) is 0.240. The fourth-order valence-electron chi connectivity index (χ4n) is 3.25. The Morgan fingerprint density at radius 1 is 0.969 bits per heavy atom. The smallest absolute Gasteiger partial charge is 0.264 e. The molecule has 0 aliphatic carbocycles. The van der Waals surface area contributed by atoms with E-state index in [0.717, 1.165) is 16.0 Å². The monoisotopic (exact) mass is 468 g/mol. The van der Waals surface area contributed by atoms with Crippen LogP contribution in [0.15, 0.2) is 88.7 Å². The van der Waals surface area contributed by atoms with Crippen LogP contribution in [-0.4, -0.2) is 33.7 Å². The van der Waals surface area contributed by atoms with Crippen LogP contribution in [0.1, 0.15) is 24.0 Å². The van der Waals surface area contributed by atoms with Gasteiger partial charge in [0.15, 0.2) is 0 Å². The van der Waals surface area contributed by atoms with Gasteiger partial charge in [-0.3, -0.25) is 9.10 Å². The van der Waals surface area contributed by atoms with E-state index in [0.29, 0.717) is 12.2 Å². The van der Waals surface area contributed by atoms with Gasteiger partial charge in [0, 0.05) is 11.4 Å². The van der Waals surface area contributed by atoms with Gasteiger partial charge in [0.25, 0.3) is 10.0 Å². The van der Waals surface area contributed by atoms with Crippen molar-refractivity contribution in [2.24, 2.45) is 0 Å². The lowest BCUT2D eigenvalue weighted by atomic mass is 10.0. The summed E-state index contributed by atoms with van der Waals surface area (Å²) in [5, 5.41) is 2.89. The molecule has 3 rings (SSSR count). The quantitative estimate of drug-likeness (QED) is 0.457. The number of sulfonamides is 1. The maximum absolute atomic E-state index is 13.5. The molecule has 0 bridgehead atoms. The average molecular weight is 469 g/mol. The lowest BCUT2D eigenvalue weighted by molar-refractivity contribution is -0.119. The minimum Gasteiger partial charge on any atom is -0.354 e. The Labute approximate surface area is 194 Å². The normalized spacial score (nSPS) is 12.2.